The standard InChI is InChI=1S/C30H33F4N5O2S/c1-5-11-35-21-15-38-26-22(28(36-29(38)41)37-13-17(3)39(18(4)14-37)24(40)6-2)12-23(30(32,33)34)25(27(26)42-16-21)19-7-9-20(31)10-8-19/h6-10,12,17-18,21,35H,2,5,11,13-16H2,1,3-4H3/t17-,18+,21?. The minimum atomic E-state index is -4.74. The van der Waals surface area contributed by atoms with Gasteiger partial charge in [0.25, 0.3) is 0 Å². The number of amides is 1. The molecule has 3 aromatic rings. The van der Waals surface area contributed by atoms with Gasteiger partial charge in [-0.05, 0) is 56.7 Å². The summed E-state index contributed by atoms with van der Waals surface area (Å²) in [5, 5.41) is 3.62. The molecule has 2 aliphatic rings. The molecule has 0 spiro atoms. The number of hydrogen-bond acceptors (Lipinski definition) is 6. The second-order valence-electron chi connectivity index (χ2n) is 10.9. The number of nitrogens with one attached hydrogen (secondary N) is 1. The average molecular weight is 604 g/mol. The minimum Gasteiger partial charge on any atom is -0.352 e. The van der Waals surface area contributed by atoms with Crippen LogP contribution in [0.5, 0.6) is 0 Å². The molecule has 1 aromatic heterocycles. The van der Waals surface area contributed by atoms with E-state index in [9.17, 15) is 27.2 Å². The summed E-state index contributed by atoms with van der Waals surface area (Å²) in [4.78, 5) is 34.3. The van der Waals surface area contributed by atoms with Crippen LogP contribution in [0.4, 0.5) is 23.4 Å². The highest BCUT2D eigenvalue weighted by molar-refractivity contribution is 7.99. The Morgan fingerprint density at radius 3 is 2.43 bits per heavy atom. The number of benzene rings is 2. The van der Waals surface area contributed by atoms with Crippen molar-refractivity contribution in [2.75, 3.05) is 30.3 Å². The van der Waals surface area contributed by atoms with Gasteiger partial charge >= 0.3 is 11.9 Å². The fourth-order valence-electron chi connectivity index (χ4n) is 6.04. The predicted octanol–water partition coefficient (Wildman–Crippen LogP) is 5.31. The molecule has 1 amide bonds. The smallest absolute Gasteiger partial charge is 0.352 e. The number of piperazine rings is 1. The van der Waals surface area contributed by atoms with E-state index in [4.69, 9.17) is 0 Å². The lowest BCUT2D eigenvalue weighted by molar-refractivity contribution is -0.137. The van der Waals surface area contributed by atoms with E-state index in [1.165, 1.54) is 34.5 Å². The van der Waals surface area contributed by atoms with E-state index in [-0.39, 0.29) is 66.0 Å². The molecule has 224 valence electrons. The summed E-state index contributed by atoms with van der Waals surface area (Å²) < 4.78 is 59.8. The molecule has 1 fully saturated rings. The zero-order valence-corrected chi connectivity index (χ0v) is 24.5. The van der Waals surface area contributed by atoms with Crippen molar-refractivity contribution in [2.45, 2.75) is 62.9 Å². The maximum Gasteiger partial charge on any atom is 0.417 e. The van der Waals surface area contributed by atoms with Crippen LogP contribution in [0.1, 0.15) is 32.8 Å². The van der Waals surface area contributed by atoms with Crippen LogP contribution in [-0.2, 0) is 17.5 Å². The molecule has 7 nitrogen and oxygen atoms in total. The molecule has 5 rings (SSSR count). The van der Waals surface area contributed by atoms with Gasteiger partial charge in [-0.15, -0.1) is 11.8 Å². The summed E-state index contributed by atoms with van der Waals surface area (Å²) in [7, 11) is 0. The Balaban J connectivity index is 1.79. The molecule has 0 radical (unpaired) electrons. The number of halogens is 4. The SMILES string of the molecule is C=CC(=O)N1[C@H](C)CN(c2nc(=O)n3c4c(c(-c5ccc(F)cc5)c(C(F)(F)F)cc24)SCC(NCCC)C3)C[C@@H]1C. The Kier molecular flexibility index (Phi) is 8.39. The third-order valence-corrected chi connectivity index (χ3v) is 9.05. The van der Waals surface area contributed by atoms with Crippen LogP contribution >= 0.6 is 11.8 Å². The summed E-state index contributed by atoms with van der Waals surface area (Å²) in [6, 6.07) is 5.24. The fourth-order valence-corrected chi connectivity index (χ4v) is 7.36. The van der Waals surface area contributed by atoms with Crippen LogP contribution in [0.3, 0.4) is 0 Å². The van der Waals surface area contributed by atoms with Crippen LogP contribution in [0.2, 0.25) is 0 Å². The lowest BCUT2D eigenvalue weighted by Gasteiger charge is -2.44. The van der Waals surface area contributed by atoms with Crippen LogP contribution in [0.15, 0.2) is 52.7 Å². The zero-order valence-electron chi connectivity index (χ0n) is 23.7. The number of thioether (sulfide) groups is 1. The van der Waals surface area contributed by atoms with Crippen molar-refractivity contribution in [2.24, 2.45) is 0 Å². The highest BCUT2D eigenvalue weighted by atomic mass is 32.2. The van der Waals surface area contributed by atoms with Crippen LogP contribution < -0.4 is 15.9 Å². The van der Waals surface area contributed by atoms with Gasteiger partial charge in [0.1, 0.15) is 11.6 Å². The van der Waals surface area contributed by atoms with Crippen LogP contribution in [0, 0.1) is 5.82 Å². The number of nitrogens with zero attached hydrogens (tertiary/aromatic N) is 4. The second kappa shape index (κ2) is 11.7. The molecule has 3 atom stereocenters. The first kappa shape index (κ1) is 30.1. The number of aromatic nitrogens is 2. The van der Waals surface area contributed by atoms with Crippen LogP contribution in [-0.4, -0.2) is 63.9 Å². The molecule has 3 heterocycles. The third-order valence-electron chi connectivity index (χ3n) is 7.80. The van der Waals surface area contributed by atoms with E-state index in [2.05, 4.69) is 16.9 Å². The molecule has 42 heavy (non-hydrogen) atoms. The first-order valence-electron chi connectivity index (χ1n) is 13.9. The number of alkyl halides is 3. The number of hydrogen-bond donors (Lipinski definition) is 1. The summed E-state index contributed by atoms with van der Waals surface area (Å²) in [6.45, 7) is 10.8. The summed E-state index contributed by atoms with van der Waals surface area (Å²) in [6.07, 6.45) is -2.65. The Hall–Kier alpha value is -3.38. The van der Waals surface area contributed by atoms with E-state index >= 15 is 0 Å². The number of carbonyl (C=O) groups excluding carboxylic acids is 1. The molecule has 0 aliphatic carbocycles. The van der Waals surface area contributed by atoms with Gasteiger partial charge in [0.2, 0.25) is 5.91 Å². The van der Waals surface area contributed by atoms with Crippen molar-refractivity contribution in [1.82, 2.24) is 19.8 Å². The van der Waals surface area contributed by atoms with Crippen molar-refractivity contribution >= 4 is 34.4 Å². The molecule has 12 heteroatoms. The van der Waals surface area contributed by atoms with Gasteiger partial charge in [-0.1, -0.05) is 25.6 Å². The number of rotatable bonds is 6. The first-order valence-corrected chi connectivity index (χ1v) is 14.9. The van der Waals surface area contributed by atoms with Crippen molar-refractivity contribution < 1.29 is 22.4 Å². The highest BCUT2D eigenvalue weighted by Gasteiger charge is 2.39. The van der Waals surface area contributed by atoms with Gasteiger partial charge in [-0.25, -0.2) is 9.18 Å². The molecule has 2 aliphatic heterocycles. The molecule has 1 unspecified atom stereocenters. The lowest BCUT2D eigenvalue weighted by atomic mass is 9.96. The van der Waals surface area contributed by atoms with Gasteiger partial charge in [-0.3, -0.25) is 9.36 Å². The fraction of sp³-hybridized carbons (Fsp3) is 0.433. The van der Waals surface area contributed by atoms with Gasteiger partial charge in [-0.2, -0.15) is 18.2 Å². The summed E-state index contributed by atoms with van der Waals surface area (Å²) >= 11 is 1.26. The van der Waals surface area contributed by atoms with E-state index < -0.39 is 23.2 Å². The van der Waals surface area contributed by atoms with Crippen molar-refractivity contribution in [1.29, 1.82) is 0 Å². The quantitative estimate of drug-likeness (QED) is 0.305. The van der Waals surface area contributed by atoms with Gasteiger partial charge in [0, 0.05) is 59.4 Å². The zero-order chi connectivity index (χ0) is 30.3. The van der Waals surface area contributed by atoms with Gasteiger partial charge in [0.05, 0.1) is 11.1 Å². The van der Waals surface area contributed by atoms with Gasteiger partial charge in [0.15, 0.2) is 0 Å². The molecule has 0 saturated carbocycles. The molecule has 1 saturated heterocycles. The largest absolute Gasteiger partial charge is 0.417 e. The maximum atomic E-state index is 14.8. The first-order chi connectivity index (χ1) is 19.9. The topological polar surface area (TPSA) is 70.5 Å². The Morgan fingerprint density at radius 1 is 1.17 bits per heavy atom. The Labute approximate surface area is 245 Å². The highest BCUT2D eigenvalue weighted by Crippen LogP contribution is 2.48. The van der Waals surface area contributed by atoms with E-state index in [0.717, 1.165) is 24.6 Å². The van der Waals surface area contributed by atoms with Crippen molar-refractivity contribution in [3.05, 3.63) is 64.9 Å². The van der Waals surface area contributed by atoms with Gasteiger partial charge < -0.3 is 15.1 Å². The maximum absolute atomic E-state index is 14.8. The molecule has 2 aromatic carbocycles. The van der Waals surface area contributed by atoms with Crippen molar-refractivity contribution in [3.8, 4) is 11.1 Å². The van der Waals surface area contributed by atoms with E-state index in [0.29, 0.717) is 22.7 Å². The molecular weight excluding hydrogens is 570 g/mol. The summed E-state index contributed by atoms with van der Waals surface area (Å²) in [5.74, 6) is -0.205. The van der Waals surface area contributed by atoms with E-state index in [1.54, 1.807) is 9.80 Å². The molecule has 0 bridgehead atoms. The lowest BCUT2D eigenvalue weighted by Crippen LogP contribution is -2.58. The summed E-state index contributed by atoms with van der Waals surface area (Å²) in [5.41, 5.74) is -0.917. The van der Waals surface area contributed by atoms with Crippen molar-refractivity contribution in [3.63, 3.8) is 0 Å². The molecular formula is C30H33F4N5O2S. The third kappa shape index (κ3) is 5.54. The average Bonchev–Trinajstić information content (AvgIpc) is 3.13. The molecule has 1 N–H and O–H groups in total. The predicted molar refractivity (Wildman–Crippen MR) is 157 cm³/mol. The minimum absolute atomic E-state index is 0.0791. The van der Waals surface area contributed by atoms with E-state index in [1.807, 2.05) is 20.8 Å². The number of carbonyl (C=O) groups is 1. The number of anilines is 1. The Morgan fingerprint density at radius 2 is 1.83 bits per heavy atom. The Bertz CT molecular complexity index is 1560. The normalized spacial score (nSPS) is 21.0. The van der Waals surface area contributed by atoms with Crippen LogP contribution in [0.25, 0.3) is 22.0 Å². The monoisotopic (exact) mass is 603 g/mol. The second-order valence-corrected chi connectivity index (χ2v) is 11.9.